The number of carbonyl (C=O) groups is 1. The molecule has 110 valence electrons. The van der Waals surface area contributed by atoms with Crippen molar-refractivity contribution in [2.75, 3.05) is 5.32 Å². The highest BCUT2D eigenvalue weighted by Gasteiger charge is 2.17. The van der Waals surface area contributed by atoms with Gasteiger partial charge in [-0.15, -0.1) is 0 Å². The fourth-order valence-electron chi connectivity index (χ4n) is 1.91. The van der Waals surface area contributed by atoms with Crippen molar-refractivity contribution in [1.82, 2.24) is 4.98 Å². The molecule has 0 aliphatic carbocycles. The third-order valence-electron chi connectivity index (χ3n) is 3.24. The van der Waals surface area contributed by atoms with E-state index in [1.165, 1.54) is 0 Å². The van der Waals surface area contributed by atoms with E-state index in [0.29, 0.717) is 10.6 Å². The van der Waals surface area contributed by atoms with Gasteiger partial charge in [-0.1, -0.05) is 38.4 Å². The molecule has 0 atom stereocenters. The number of nitrogens with one attached hydrogen (secondary N) is 1. The summed E-state index contributed by atoms with van der Waals surface area (Å²) in [6.07, 6.45) is 1.67. The van der Waals surface area contributed by atoms with Gasteiger partial charge in [0.25, 0.3) is 5.91 Å². The van der Waals surface area contributed by atoms with E-state index in [9.17, 15) is 4.79 Å². The van der Waals surface area contributed by atoms with Crippen molar-refractivity contribution in [3.8, 4) is 0 Å². The second-order valence-electron chi connectivity index (χ2n) is 6.09. The number of pyridine rings is 1. The molecule has 0 fully saturated rings. The zero-order valence-corrected chi connectivity index (χ0v) is 13.5. The number of aromatic nitrogens is 1. The van der Waals surface area contributed by atoms with E-state index in [1.807, 2.05) is 19.1 Å². The van der Waals surface area contributed by atoms with Gasteiger partial charge in [0.1, 0.15) is 0 Å². The molecule has 0 bridgehead atoms. The van der Waals surface area contributed by atoms with Crippen molar-refractivity contribution >= 4 is 23.2 Å². The maximum absolute atomic E-state index is 12.4. The minimum absolute atomic E-state index is 0.0950. The fourth-order valence-corrected chi connectivity index (χ4v) is 2.08. The molecule has 21 heavy (non-hydrogen) atoms. The van der Waals surface area contributed by atoms with E-state index in [4.69, 9.17) is 11.6 Å². The van der Waals surface area contributed by atoms with Crippen molar-refractivity contribution in [2.24, 2.45) is 0 Å². The maximum atomic E-state index is 12.4. The van der Waals surface area contributed by atoms with Crippen LogP contribution in [0.4, 0.5) is 5.69 Å². The lowest BCUT2D eigenvalue weighted by molar-refractivity contribution is 0.102. The van der Waals surface area contributed by atoms with Gasteiger partial charge in [0, 0.05) is 33.6 Å². The highest BCUT2D eigenvalue weighted by Crippen LogP contribution is 2.23. The Morgan fingerprint density at radius 1 is 1.19 bits per heavy atom. The van der Waals surface area contributed by atoms with Gasteiger partial charge in [0.2, 0.25) is 0 Å². The van der Waals surface area contributed by atoms with Gasteiger partial charge >= 0.3 is 0 Å². The van der Waals surface area contributed by atoms with Gasteiger partial charge in [-0.3, -0.25) is 9.78 Å². The van der Waals surface area contributed by atoms with Crippen molar-refractivity contribution < 1.29 is 4.79 Å². The SMILES string of the molecule is Cc1ccc(Cl)cc1NC(=O)c1ccnc(C(C)(C)C)c1. The zero-order chi connectivity index (χ0) is 15.6. The molecule has 1 heterocycles. The van der Waals surface area contributed by atoms with Gasteiger partial charge < -0.3 is 5.32 Å². The lowest BCUT2D eigenvalue weighted by Crippen LogP contribution is -2.17. The number of carbonyl (C=O) groups excluding carboxylic acids is 1. The van der Waals surface area contributed by atoms with Crippen LogP contribution in [0.2, 0.25) is 5.02 Å². The lowest BCUT2D eigenvalue weighted by Gasteiger charge is -2.18. The fraction of sp³-hybridized carbons (Fsp3) is 0.294. The van der Waals surface area contributed by atoms with Crippen molar-refractivity contribution in [3.63, 3.8) is 0 Å². The molecule has 1 N–H and O–H groups in total. The molecule has 4 heteroatoms. The first-order valence-corrected chi connectivity index (χ1v) is 7.19. The normalized spacial score (nSPS) is 11.3. The first kappa shape index (κ1) is 15.5. The Bertz CT molecular complexity index is 675. The Morgan fingerprint density at radius 3 is 2.57 bits per heavy atom. The Kier molecular flexibility index (Phi) is 4.33. The van der Waals surface area contributed by atoms with Crippen molar-refractivity contribution in [1.29, 1.82) is 0 Å². The van der Waals surface area contributed by atoms with Gasteiger partial charge in [-0.05, 0) is 36.8 Å². The monoisotopic (exact) mass is 302 g/mol. The second kappa shape index (κ2) is 5.86. The summed E-state index contributed by atoms with van der Waals surface area (Å²) in [4.78, 5) is 16.7. The van der Waals surface area contributed by atoms with E-state index >= 15 is 0 Å². The third-order valence-corrected chi connectivity index (χ3v) is 3.47. The topological polar surface area (TPSA) is 42.0 Å². The largest absolute Gasteiger partial charge is 0.322 e. The molecule has 0 unspecified atom stereocenters. The van der Waals surface area contributed by atoms with Gasteiger partial charge in [-0.2, -0.15) is 0 Å². The molecular formula is C17H19ClN2O. The van der Waals surface area contributed by atoms with Crippen LogP contribution in [-0.4, -0.2) is 10.9 Å². The molecule has 0 spiro atoms. The summed E-state index contributed by atoms with van der Waals surface area (Å²) in [5.41, 5.74) is 3.08. The van der Waals surface area contributed by atoms with E-state index in [1.54, 1.807) is 24.4 Å². The highest BCUT2D eigenvalue weighted by atomic mass is 35.5. The Morgan fingerprint density at radius 2 is 1.90 bits per heavy atom. The number of nitrogens with zero attached hydrogens (tertiary/aromatic N) is 1. The Labute approximate surface area is 130 Å². The van der Waals surface area contributed by atoms with Crippen LogP contribution in [0.5, 0.6) is 0 Å². The summed E-state index contributed by atoms with van der Waals surface area (Å²) in [6.45, 7) is 8.13. The van der Waals surface area contributed by atoms with Gasteiger partial charge in [-0.25, -0.2) is 0 Å². The summed E-state index contributed by atoms with van der Waals surface area (Å²) in [6, 6.07) is 8.97. The van der Waals surface area contributed by atoms with Crippen molar-refractivity contribution in [2.45, 2.75) is 33.1 Å². The second-order valence-corrected chi connectivity index (χ2v) is 6.53. The first-order chi connectivity index (χ1) is 9.77. The number of hydrogen-bond donors (Lipinski definition) is 1. The molecule has 2 rings (SSSR count). The number of rotatable bonds is 2. The number of anilines is 1. The molecule has 0 saturated carbocycles. The molecule has 0 saturated heterocycles. The molecule has 0 aliphatic heterocycles. The van der Waals surface area contributed by atoms with E-state index < -0.39 is 0 Å². The molecule has 2 aromatic rings. The van der Waals surface area contributed by atoms with Crippen molar-refractivity contribution in [3.05, 3.63) is 58.4 Å². The average molecular weight is 303 g/mol. The first-order valence-electron chi connectivity index (χ1n) is 6.81. The lowest BCUT2D eigenvalue weighted by atomic mass is 9.91. The quantitative estimate of drug-likeness (QED) is 0.881. The molecule has 0 aliphatic rings. The minimum atomic E-state index is -0.159. The summed E-state index contributed by atoms with van der Waals surface area (Å²) < 4.78 is 0. The predicted molar refractivity (Wildman–Crippen MR) is 87.1 cm³/mol. The molecule has 1 amide bonds. The van der Waals surface area contributed by atoms with Gasteiger partial charge in [0.05, 0.1) is 0 Å². The Balaban J connectivity index is 2.27. The molecule has 0 radical (unpaired) electrons. The standard InChI is InChI=1S/C17H19ClN2O/c1-11-5-6-13(18)10-14(11)20-16(21)12-7-8-19-15(9-12)17(2,3)4/h5-10H,1-4H3,(H,20,21). The summed E-state index contributed by atoms with van der Waals surface area (Å²) >= 11 is 5.97. The molecule has 3 nitrogen and oxygen atoms in total. The zero-order valence-electron chi connectivity index (χ0n) is 12.7. The summed E-state index contributed by atoms with van der Waals surface area (Å²) in [5, 5.41) is 3.49. The number of hydrogen-bond acceptors (Lipinski definition) is 2. The van der Waals surface area contributed by atoms with Crippen LogP contribution in [0.1, 0.15) is 42.4 Å². The maximum Gasteiger partial charge on any atom is 0.255 e. The number of benzene rings is 1. The van der Waals surface area contributed by atoms with Gasteiger partial charge in [0.15, 0.2) is 0 Å². The minimum Gasteiger partial charge on any atom is -0.322 e. The van der Waals surface area contributed by atoms with E-state index in [-0.39, 0.29) is 11.3 Å². The summed E-state index contributed by atoms with van der Waals surface area (Å²) in [7, 11) is 0. The van der Waals surface area contributed by atoms with Crippen LogP contribution in [0, 0.1) is 6.92 Å². The highest BCUT2D eigenvalue weighted by molar-refractivity contribution is 6.31. The smallest absolute Gasteiger partial charge is 0.255 e. The predicted octanol–water partition coefficient (Wildman–Crippen LogP) is 4.59. The van der Waals surface area contributed by atoms with E-state index in [2.05, 4.69) is 31.1 Å². The van der Waals surface area contributed by atoms with Crippen LogP contribution < -0.4 is 5.32 Å². The summed E-state index contributed by atoms with van der Waals surface area (Å²) in [5.74, 6) is -0.159. The van der Waals surface area contributed by atoms with E-state index in [0.717, 1.165) is 16.9 Å². The number of halogens is 1. The Hall–Kier alpha value is -1.87. The number of amides is 1. The molecule has 1 aromatic carbocycles. The number of aryl methyl sites for hydroxylation is 1. The van der Waals surface area contributed by atoms with Crippen LogP contribution >= 0.6 is 11.6 Å². The third kappa shape index (κ3) is 3.82. The molecular weight excluding hydrogens is 284 g/mol. The average Bonchev–Trinajstić information content (AvgIpc) is 2.42. The van der Waals surface area contributed by atoms with Crippen LogP contribution in [0.25, 0.3) is 0 Å². The van der Waals surface area contributed by atoms with Crippen LogP contribution in [0.15, 0.2) is 36.5 Å². The molecule has 1 aromatic heterocycles. The van der Waals surface area contributed by atoms with Crippen LogP contribution in [-0.2, 0) is 5.41 Å². The van der Waals surface area contributed by atoms with Crippen LogP contribution in [0.3, 0.4) is 0 Å².